The second-order valence-electron chi connectivity index (χ2n) is 6.04. The summed E-state index contributed by atoms with van der Waals surface area (Å²) in [5.74, 6) is 0.387. The topological polar surface area (TPSA) is 26.3 Å². The van der Waals surface area contributed by atoms with Gasteiger partial charge in [-0.25, -0.2) is 0 Å². The highest BCUT2D eigenvalue weighted by molar-refractivity contribution is 5.75. The molecule has 0 aliphatic heterocycles. The minimum Gasteiger partial charge on any atom is -0.426 e. The van der Waals surface area contributed by atoms with E-state index in [0.29, 0.717) is 12.2 Å². The quantitative estimate of drug-likeness (QED) is 0.377. The van der Waals surface area contributed by atoms with Crippen LogP contribution in [0.15, 0.2) is 48.5 Å². The van der Waals surface area contributed by atoms with Gasteiger partial charge in [-0.15, -0.1) is 0 Å². The van der Waals surface area contributed by atoms with Crippen molar-refractivity contribution in [2.24, 2.45) is 0 Å². The molecule has 0 spiro atoms. The molecule has 2 aromatic carbocycles. The smallest absolute Gasteiger partial charge is 0.315 e. The molecule has 2 aromatic rings. The van der Waals surface area contributed by atoms with Gasteiger partial charge in [0.1, 0.15) is 5.75 Å². The molecule has 0 aliphatic rings. The van der Waals surface area contributed by atoms with E-state index in [1.165, 1.54) is 36.8 Å². The SMILES string of the molecule is CCCCCCc1ccc(CC(=O)Oc2ccccc2)c(C)c1. The normalized spacial score (nSPS) is 10.5. The van der Waals surface area contributed by atoms with Crippen molar-refractivity contribution < 1.29 is 9.53 Å². The van der Waals surface area contributed by atoms with E-state index < -0.39 is 0 Å². The van der Waals surface area contributed by atoms with E-state index in [0.717, 1.165) is 12.0 Å². The number of carbonyl (C=O) groups excluding carboxylic acids is 1. The van der Waals surface area contributed by atoms with Gasteiger partial charge in [-0.05, 0) is 48.6 Å². The van der Waals surface area contributed by atoms with E-state index in [1.54, 1.807) is 12.1 Å². The molecule has 0 fully saturated rings. The van der Waals surface area contributed by atoms with Crippen LogP contribution < -0.4 is 4.74 Å². The number of hydrogen-bond donors (Lipinski definition) is 0. The number of para-hydroxylation sites is 1. The third kappa shape index (κ3) is 5.90. The summed E-state index contributed by atoms with van der Waals surface area (Å²) in [5.41, 5.74) is 3.57. The van der Waals surface area contributed by atoms with Crippen molar-refractivity contribution in [3.63, 3.8) is 0 Å². The molecule has 2 heteroatoms. The van der Waals surface area contributed by atoms with E-state index in [-0.39, 0.29) is 5.97 Å². The van der Waals surface area contributed by atoms with Gasteiger partial charge in [-0.2, -0.15) is 0 Å². The van der Waals surface area contributed by atoms with Crippen molar-refractivity contribution in [3.8, 4) is 5.75 Å². The third-order valence-electron chi connectivity index (χ3n) is 4.04. The highest BCUT2D eigenvalue weighted by atomic mass is 16.5. The molecule has 2 nitrogen and oxygen atoms in total. The Bertz CT molecular complexity index is 617. The second kappa shape index (κ2) is 9.14. The maximum Gasteiger partial charge on any atom is 0.315 e. The first-order valence-corrected chi connectivity index (χ1v) is 8.53. The van der Waals surface area contributed by atoms with Crippen LogP contribution in [-0.2, 0) is 17.6 Å². The molecule has 23 heavy (non-hydrogen) atoms. The summed E-state index contributed by atoms with van der Waals surface area (Å²) in [6, 6.07) is 15.6. The number of carbonyl (C=O) groups is 1. The Morgan fingerprint density at radius 1 is 1.00 bits per heavy atom. The molecular formula is C21H26O2. The zero-order chi connectivity index (χ0) is 16.5. The fraction of sp³-hybridized carbons (Fsp3) is 0.381. The number of ether oxygens (including phenoxy) is 1. The zero-order valence-corrected chi connectivity index (χ0v) is 14.2. The number of unbranched alkanes of at least 4 members (excludes halogenated alkanes) is 3. The first kappa shape index (κ1) is 17.3. The highest BCUT2D eigenvalue weighted by Gasteiger charge is 2.09. The molecule has 0 amide bonds. The molecule has 0 saturated carbocycles. The van der Waals surface area contributed by atoms with E-state index in [1.807, 2.05) is 18.2 Å². The molecule has 2 rings (SSSR count). The van der Waals surface area contributed by atoms with Gasteiger partial charge in [-0.3, -0.25) is 4.79 Å². The van der Waals surface area contributed by atoms with Crippen LogP contribution in [0.2, 0.25) is 0 Å². The number of aryl methyl sites for hydroxylation is 2. The first-order chi connectivity index (χ1) is 11.2. The lowest BCUT2D eigenvalue weighted by molar-refractivity contribution is -0.133. The lowest BCUT2D eigenvalue weighted by atomic mass is 9.99. The van der Waals surface area contributed by atoms with Crippen molar-refractivity contribution in [1.82, 2.24) is 0 Å². The van der Waals surface area contributed by atoms with Gasteiger partial charge in [0.2, 0.25) is 0 Å². The van der Waals surface area contributed by atoms with Gasteiger partial charge in [0, 0.05) is 0 Å². The summed E-state index contributed by atoms with van der Waals surface area (Å²) < 4.78 is 5.36. The summed E-state index contributed by atoms with van der Waals surface area (Å²) in [6.45, 7) is 4.30. The molecule has 0 heterocycles. The third-order valence-corrected chi connectivity index (χ3v) is 4.04. The Labute approximate surface area is 139 Å². The Morgan fingerprint density at radius 2 is 1.78 bits per heavy atom. The Morgan fingerprint density at radius 3 is 2.48 bits per heavy atom. The molecule has 0 aliphatic carbocycles. The van der Waals surface area contributed by atoms with Crippen LogP contribution in [0.3, 0.4) is 0 Å². The van der Waals surface area contributed by atoms with Gasteiger partial charge in [0.25, 0.3) is 0 Å². The number of rotatable bonds is 8. The standard InChI is InChI=1S/C21H26O2/c1-3-4-5-7-10-18-13-14-19(17(2)15-18)16-21(22)23-20-11-8-6-9-12-20/h6,8-9,11-15H,3-5,7,10,16H2,1-2H3. The molecule has 0 unspecified atom stereocenters. The Hall–Kier alpha value is -2.09. The predicted octanol–water partition coefficient (Wildman–Crippen LogP) is 5.27. The van der Waals surface area contributed by atoms with Crippen molar-refractivity contribution in [2.75, 3.05) is 0 Å². The van der Waals surface area contributed by atoms with Crippen LogP contribution in [-0.4, -0.2) is 5.97 Å². The van der Waals surface area contributed by atoms with E-state index in [9.17, 15) is 4.79 Å². The summed E-state index contributed by atoms with van der Waals surface area (Å²) in [6.07, 6.45) is 6.54. The van der Waals surface area contributed by atoms with Gasteiger partial charge in [0.15, 0.2) is 0 Å². The average Bonchev–Trinajstić information content (AvgIpc) is 2.55. The monoisotopic (exact) mass is 310 g/mol. The molecular weight excluding hydrogens is 284 g/mol. The molecule has 0 saturated heterocycles. The van der Waals surface area contributed by atoms with E-state index >= 15 is 0 Å². The van der Waals surface area contributed by atoms with Gasteiger partial charge in [0.05, 0.1) is 6.42 Å². The van der Waals surface area contributed by atoms with Crippen LogP contribution in [0.1, 0.15) is 49.3 Å². The van der Waals surface area contributed by atoms with Crippen LogP contribution in [0.5, 0.6) is 5.75 Å². The van der Waals surface area contributed by atoms with Crippen molar-refractivity contribution in [3.05, 3.63) is 65.2 Å². The van der Waals surface area contributed by atoms with Gasteiger partial charge >= 0.3 is 5.97 Å². The van der Waals surface area contributed by atoms with Crippen LogP contribution in [0.4, 0.5) is 0 Å². The average molecular weight is 310 g/mol. The lowest BCUT2D eigenvalue weighted by Crippen LogP contribution is -2.12. The molecule has 122 valence electrons. The molecule has 0 radical (unpaired) electrons. The van der Waals surface area contributed by atoms with Gasteiger partial charge in [-0.1, -0.05) is 62.6 Å². The summed E-state index contributed by atoms with van der Waals surface area (Å²) in [7, 11) is 0. The van der Waals surface area contributed by atoms with Crippen LogP contribution in [0.25, 0.3) is 0 Å². The summed E-state index contributed by atoms with van der Waals surface area (Å²) in [5, 5.41) is 0. The highest BCUT2D eigenvalue weighted by Crippen LogP contribution is 2.16. The van der Waals surface area contributed by atoms with Crippen LogP contribution in [0, 0.1) is 6.92 Å². The predicted molar refractivity (Wildman–Crippen MR) is 94.8 cm³/mol. The summed E-state index contributed by atoms with van der Waals surface area (Å²) in [4.78, 5) is 12.0. The van der Waals surface area contributed by atoms with Crippen molar-refractivity contribution in [1.29, 1.82) is 0 Å². The lowest BCUT2D eigenvalue weighted by Gasteiger charge is -2.09. The Kier molecular flexibility index (Phi) is 6.86. The number of esters is 1. The van der Waals surface area contributed by atoms with Gasteiger partial charge < -0.3 is 4.74 Å². The molecule has 0 aromatic heterocycles. The first-order valence-electron chi connectivity index (χ1n) is 8.53. The minimum atomic E-state index is -0.213. The fourth-order valence-electron chi connectivity index (χ4n) is 2.68. The Balaban J connectivity index is 1.89. The molecule has 0 bridgehead atoms. The largest absolute Gasteiger partial charge is 0.426 e. The van der Waals surface area contributed by atoms with Crippen molar-refractivity contribution >= 4 is 5.97 Å². The van der Waals surface area contributed by atoms with Crippen LogP contribution >= 0.6 is 0 Å². The van der Waals surface area contributed by atoms with E-state index in [4.69, 9.17) is 4.74 Å². The maximum atomic E-state index is 12.0. The van der Waals surface area contributed by atoms with E-state index in [2.05, 4.69) is 32.0 Å². The van der Waals surface area contributed by atoms with Crippen molar-refractivity contribution in [2.45, 2.75) is 52.4 Å². The summed E-state index contributed by atoms with van der Waals surface area (Å²) >= 11 is 0. The minimum absolute atomic E-state index is 0.213. The zero-order valence-electron chi connectivity index (χ0n) is 14.2. The number of benzene rings is 2. The molecule has 0 atom stereocenters. The second-order valence-corrected chi connectivity index (χ2v) is 6.04. The fourth-order valence-corrected chi connectivity index (χ4v) is 2.68. The number of hydrogen-bond acceptors (Lipinski definition) is 2. The maximum absolute atomic E-state index is 12.0. The molecule has 0 N–H and O–H groups in total.